The number of methoxy groups -OCH3 is 2. The quantitative estimate of drug-likeness (QED) is 0.292. The number of benzene rings is 3. The van der Waals surface area contributed by atoms with Crippen molar-refractivity contribution >= 4 is 22.7 Å². The van der Waals surface area contributed by atoms with Crippen LogP contribution in [0, 0.1) is 0 Å². The number of rotatable bonds is 7. The van der Waals surface area contributed by atoms with Crippen LogP contribution in [-0.4, -0.2) is 30.5 Å². The van der Waals surface area contributed by atoms with Crippen molar-refractivity contribution in [3.63, 3.8) is 0 Å². The molecule has 0 spiro atoms. The maximum Gasteiger partial charge on any atom is 0.204 e. The lowest BCUT2D eigenvalue weighted by Gasteiger charge is -2.09. The highest BCUT2D eigenvalue weighted by Crippen LogP contribution is 2.39. The number of phenols is 1. The average molecular weight is 432 g/mol. The smallest absolute Gasteiger partial charge is 0.204 e. The lowest BCUT2D eigenvalue weighted by molar-refractivity contribution is 0.340. The Balaban J connectivity index is 1.63. The van der Waals surface area contributed by atoms with E-state index in [-0.39, 0.29) is 5.75 Å². The molecule has 0 aliphatic rings. The molecule has 0 atom stereocenters. The molecule has 0 bridgehead atoms. The van der Waals surface area contributed by atoms with Gasteiger partial charge in [0.15, 0.2) is 11.5 Å². The van der Waals surface area contributed by atoms with Crippen molar-refractivity contribution in [1.82, 2.24) is 4.98 Å². The molecular formula is C24H21N3O3S. The molecule has 4 rings (SSSR count). The summed E-state index contributed by atoms with van der Waals surface area (Å²) in [5.74, 6) is 0.579. The summed E-state index contributed by atoms with van der Waals surface area (Å²) in [6.07, 6.45) is 1.62. The van der Waals surface area contributed by atoms with Gasteiger partial charge < -0.3 is 14.6 Å². The topological polar surface area (TPSA) is 76.0 Å². The summed E-state index contributed by atoms with van der Waals surface area (Å²) >= 11 is 1.53. The van der Waals surface area contributed by atoms with Gasteiger partial charge in [0.05, 0.1) is 31.0 Å². The van der Waals surface area contributed by atoms with Crippen molar-refractivity contribution in [3.8, 4) is 38.9 Å². The Morgan fingerprint density at radius 2 is 1.48 bits per heavy atom. The van der Waals surface area contributed by atoms with Gasteiger partial charge in [-0.2, -0.15) is 5.10 Å². The van der Waals surface area contributed by atoms with Crippen LogP contribution in [0.25, 0.3) is 21.7 Å². The molecule has 0 saturated carbocycles. The minimum absolute atomic E-state index is 0.0463. The fourth-order valence-electron chi connectivity index (χ4n) is 3.10. The SMILES string of the molecule is COc1cc(/C=N\Nc2nc(-c3ccccc3)c(-c3ccccc3)s2)cc(OC)c1O. The molecule has 0 aliphatic carbocycles. The normalized spacial score (nSPS) is 10.9. The lowest BCUT2D eigenvalue weighted by Crippen LogP contribution is -1.94. The van der Waals surface area contributed by atoms with E-state index in [1.807, 2.05) is 48.5 Å². The van der Waals surface area contributed by atoms with Crippen molar-refractivity contribution in [2.45, 2.75) is 0 Å². The number of phenolic OH excluding ortho intramolecular Hbond substituents is 1. The molecule has 7 heteroatoms. The van der Waals surface area contributed by atoms with Gasteiger partial charge in [0, 0.05) is 11.1 Å². The van der Waals surface area contributed by atoms with Gasteiger partial charge >= 0.3 is 0 Å². The van der Waals surface area contributed by atoms with Gasteiger partial charge in [0.2, 0.25) is 10.9 Å². The zero-order valence-corrected chi connectivity index (χ0v) is 17.9. The highest BCUT2D eigenvalue weighted by Gasteiger charge is 2.15. The van der Waals surface area contributed by atoms with Crippen molar-refractivity contribution in [3.05, 3.63) is 78.4 Å². The maximum atomic E-state index is 10.0. The zero-order valence-electron chi connectivity index (χ0n) is 17.1. The van der Waals surface area contributed by atoms with Gasteiger partial charge in [-0.3, -0.25) is 5.43 Å². The van der Waals surface area contributed by atoms with E-state index >= 15 is 0 Å². The van der Waals surface area contributed by atoms with Crippen molar-refractivity contribution in [2.24, 2.45) is 5.10 Å². The molecule has 0 amide bonds. The van der Waals surface area contributed by atoms with Gasteiger partial charge in [-0.05, 0) is 17.7 Å². The van der Waals surface area contributed by atoms with Crippen LogP contribution in [0.3, 0.4) is 0 Å². The maximum absolute atomic E-state index is 10.0. The van der Waals surface area contributed by atoms with E-state index in [9.17, 15) is 5.11 Å². The number of hydrazone groups is 1. The van der Waals surface area contributed by atoms with Crippen LogP contribution in [0.5, 0.6) is 17.2 Å². The first kappa shape index (κ1) is 20.4. The molecule has 3 aromatic carbocycles. The van der Waals surface area contributed by atoms with Crippen LogP contribution in [0.15, 0.2) is 77.9 Å². The predicted octanol–water partition coefficient (Wildman–Crippen LogP) is 5.65. The summed E-state index contributed by atoms with van der Waals surface area (Å²) < 4.78 is 10.4. The number of aromatic nitrogens is 1. The summed E-state index contributed by atoms with van der Waals surface area (Å²) in [5.41, 5.74) is 6.78. The Bertz CT molecular complexity index is 1110. The van der Waals surface area contributed by atoms with Gasteiger partial charge in [0.25, 0.3) is 0 Å². The molecular weight excluding hydrogens is 410 g/mol. The van der Waals surface area contributed by atoms with E-state index in [1.54, 1.807) is 18.3 Å². The fourth-order valence-corrected chi connectivity index (χ4v) is 4.04. The molecule has 156 valence electrons. The first-order chi connectivity index (χ1) is 15.2. The Hall–Kier alpha value is -3.84. The third-order valence-electron chi connectivity index (χ3n) is 4.59. The Labute approximate surface area is 184 Å². The molecule has 0 radical (unpaired) electrons. The van der Waals surface area contributed by atoms with E-state index in [4.69, 9.17) is 14.5 Å². The summed E-state index contributed by atoms with van der Waals surface area (Å²) in [6, 6.07) is 23.6. The number of nitrogens with zero attached hydrogens (tertiary/aromatic N) is 2. The largest absolute Gasteiger partial charge is 0.502 e. The van der Waals surface area contributed by atoms with Crippen LogP contribution < -0.4 is 14.9 Å². The third-order valence-corrected chi connectivity index (χ3v) is 5.60. The van der Waals surface area contributed by atoms with Crippen LogP contribution in [0.1, 0.15) is 5.56 Å². The second kappa shape index (κ2) is 9.32. The predicted molar refractivity (Wildman–Crippen MR) is 125 cm³/mol. The number of thiazole rings is 1. The Morgan fingerprint density at radius 1 is 0.903 bits per heavy atom. The van der Waals surface area contributed by atoms with Crippen molar-refractivity contribution in [2.75, 3.05) is 19.6 Å². The first-order valence-corrected chi connectivity index (χ1v) is 10.4. The molecule has 1 aromatic heterocycles. The summed E-state index contributed by atoms with van der Waals surface area (Å²) in [5, 5.41) is 15.0. The Kier molecular flexibility index (Phi) is 6.14. The van der Waals surface area contributed by atoms with Crippen LogP contribution in [0.2, 0.25) is 0 Å². The zero-order chi connectivity index (χ0) is 21.6. The monoisotopic (exact) mass is 431 g/mol. The summed E-state index contributed by atoms with van der Waals surface area (Å²) in [7, 11) is 2.97. The minimum Gasteiger partial charge on any atom is -0.502 e. The molecule has 2 N–H and O–H groups in total. The standard InChI is InChI=1S/C24H21N3O3S/c1-29-19-13-16(14-20(30-2)22(19)28)15-25-27-24-26-21(17-9-5-3-6-10-17)23(31-24)18-11-7-4-8-12-18/h3-15,28H,1-2H3,(H,26,27)/b25-15-. The van der Waals surface area contributed by atoms with Gasteiger partial charge in [-0.15, -0.1) is 0 Å². The molecule has 4 aromatic rings. The van der Waals surface area contributed by atoms with Gasteiger partial charge in [-0.25, -0.2) is 4.98 Å². The number of nitrogens with one attached hydrogen (secondary N) is 1. The molecule has 31 heavy (non-hydrogen) atoms. The van der Waals surface area contributed by atoms with Gasteiger partial charge in [0.1, 0.15) is 0 Å². The third kappa shape index (κ3) is 4.51. The lowest BCUT2D eigenvalue weighted by atomic mass is 10.1. The second-order valence-electron chi connectivity index (χ2n) is 6.57. The molecule has 0 aliphatic heterocycles. The molecule has 6 nitrogen and oxygen atoms in total. The Morgan fingerprint density at radius 3 is 2.06 bits per heavy atom. The van der Waals surface area contributed by atoms with E-state index in [2.05, 4.69) is 22.7 Å². The highest BCUT2D eigenvalue weighted by atomic mass is 32.1. The first-order valence-electron chi connectivity index (χ1n) is 9.55. The average Bonchev–Trinajstić information content (AvgIpc) is 3.25. The van der Waals surface area contributed by atoms with E-state index < -0.39 is 0 Å². The summed E-state index contributed by atoms with van der Waals surface area (Å²) in [4.78, 5) is 5.84. The number of hydrogen-bond donors (Lipinski definition) is 2. The van der Waals surface area contributed by atoms with Crippen LogP contribution in [0.4, 0.5) is 5.13 Å². The van der Waals surface area contributed by atoms with E-state index in [1.165, 1.54) is 25.6 Å². The van der Waals surface area contributed by atoms with Crippen LogP contribution in [-0.2, 0) is 0 Å². The molecule has 0 saturated heterocycles. The number of ether oxygens (including phenoxy) is 2. The second-order valence-corrected chi connectivity index (χ2v) is 7.57. The summed E-state index contributed by atoms with van der Waals surface area (Å²) in [6.45, 7) is 0. The highest BCUT2D eigenvalue weighted by molar-refractivity contribution is 7.19. The number of hydrogen-bond acceptors (Lipinski definition) is 7. The van der Waals surface area contributed by atoms with Crippen molar-refractivity contribution < 1.29 is 14.6 Å². The molecule has 0 unspecified atom stereocenters. The van der Waals surface area contributed by atoms with Crippen molar-refractivity contribution in [1.29, 1.82) is 0 Å². The van der Waals surface area contributed by atoms with Crippen LogP contribution >= 0.6 is 11.3 Å². The molecule has 0 fully saturated rings. The number of anilines is 1. The fraction of sp³-hybridized carbons (Fsp3) is 0.0833. The van der Waals surface area contributed by atoms with E-state index in [0.717, 1.165) is 21.7 Å². The van der Waals surface area contributed by atoms with Gasteiger partial charge in [-0.1, -0.05) is 72.0 Å². The molecule has 1 heterocycles. The van der Waals surface area contributed by atoms with E-state index in [0.29, 0.717) is 22.2 Å². The number of aromatic hydroxyl groups is 1. The minimum atomic E-state index is -0.0463.